The Kier molecular flexibility index (Phi) is 10.3. The maximum atomic E-state index is 6.00. The molecule has 3 nitrogen and oxygen atoms in total. The maximum Gasteiger partial charge on any atom is 0.199 e. The van der Waals surface area contributed by atoms with E-state index >= 15 is 0 Å². The van der Waals surface area contributed by atoms with Gasteiger partial charge in [0.25, 0.3) is 0 Å². The summed E-state index contributed by atoms with van der Waals surface area (Å²) in [6.45, 7) is 11.5. The molecule has 0 spiro atoms. The predicted octanol–water partition coefficient (Wildman–Crippen LogP) is 8.30. The van der Waals surface area contributed by atoms with Gasteiger partial charge in [-0.05, 0) is 86.0 Å². The third-order valence-corrected chi connectivity index (χ3v) is 7.22. The monoisotopic (exact) mass is 452 g/mol. The average molecular weight is 453 g/mol. The van der Waals surface area contributed by atoms with E-state index in [4.69, 9.17) is 14.2 Å². The second kappa shape index (κ2) is 13.2. The zero-order valence-corrected chi connectivity index (χ0v) is 21.3. The van der Waals surface area contributed by atoms with Crippen molar-refractivity contribution in [2.45, 2.75) is 97.4 Å². The van der Waals surface area contributed by atoms with Gasteiger partial charge in [-0.2, -0.15) is 0 Å². The topological polar surface area (TPSA) is 27.7 Å². The Morgan fingerprint density at radius 3 is 2.12 bits per heavy atom. The van der Waals surface area contributed by atoms with E-state index in [0.717, 1.165) is 18.6 Å². The number of rotatable bonds is 12. The van der Waals surface area contributed by atoms with Gasteiger partial charge in [0.05, 0.1) is 6.10 Å². The van der Waals surface area contributed by atoms with E-state index in [-0.39, 0.29) is 19.2 Å². The molecule has 2 aromatic carbocycles. The van der Waals surface area contributed by atoms with Crippen molar-refractivity contribution in [1.29, 1.82) is 0 Å². The molecule has 0 saturated heterocycles. The molecule has 0 aromatic heterocycles. The fraction of sp³-hybridized carbons (Fsp3) is 0.600. The number of benzene rings is 2. The Bertz CT molecular complexity index is 778. The van der Waals surface area contributed by atoms with Crippen molar-refractivity contribution < 1.29 is 14.2 Å². The molecular weight excluding hydrogens is 408 g/mol. The van der Waals surface area contributed by atoms with E-state index in [1.54, 1.807) is 0 Å². The average Bonchev–Trinajstić information content (AvgIpc) is 2.83. The van der Waals surface area contributed by atoms with Crippen LogP contribution in [-0.4, -0.2) is 19.2 Å². The van der Waals surface area contributed by atoms with Gasteiger partial charge in [-0.3, -0.25) is 0 Å². The minimum Gasteiger partial charge on any atom is -0.465 e. The number of ether oxygens (including phenoxy) is 3. The van der Waals surface area contributed by atoms with Crippen LogP contribution in [0.3, 0.4) is 0 Å². The standard InChI is InChI=1S/C30H44O3/c1-6-23(4)30(20-22(2)3)27-14-18-29(19-15-27)33-24(5)31-21-32-28-16-12-26(13-17-28)25-10-8-7-9-11-25/h7-11,14-15,18-19,22-24,26,28,30H,6,12-13,16-17,20-21H2,1-5H3. The molecule has 0 N–H and O–H groups in total. The van der Waals surface area contributed by atoms with E-state index in [1.165, 1.54) is 36.8 Å². The van der Waals surface area contributed by atoms with Crippen molar-refractivity contribution in [2.75, 3.05) is 6.79 Å². The summed E-state index contributed by atoms with van der Waals surface area (Å²) in [5.74, 6) is 3.49. The van der Waals surface area contributed by atoms with E-state index in [2.05, 4.69) is 82.3 Å². The number of hydrogen-bond acceptors (Lipinski definition) is 3. The van der Waals surface area contributed by atoms with Gasteiger partial charge in [0.2, 0.25) is 0 Å². The fourth-order valence-electron chi connectivity index (χ4n) is 5.03. The highest BCUT2D eigenvalue weighted by Crippen LogP contribution is 2.35. The van der Waals surface area contributed by atoms with Gasteiger partial charge in [-0.1, -0.05) is 76.6 Å². The summed E-state index contributed by atoms with van der Waals surface area (Å²) >= 11 is 0. The van der Waals surface area contributed by atoms with Gasteiger partial charge in [0.1, 0.15) is 5.75 Å². The van der Waals surface area contributed by atoms with Crippen LogP contribution in [0.4, 0.5) is 0 Å². The molecule has 0 heterocycles. The fourth-order valence-corrected chi connectivity index (χ4v) is 5.03. The molecule has 1 aliphatic carbocycles. The van der Waals surface area contributed by atoms with Crippen LogP contribution >= 0.6 is 0 Å². The molecule has 1 saturated carbocycles. The summed E-state index contributed by atoms with van der Waals surface area (Å²) in [5.41, 5.74) is 2.87. The van der Waals surface area contributed by atoms with Gasteiger partial charge in [-0.25, -0.2) is 0 Å². The van der Waals surface area contributed by atoms with Crippen molar-refractivity contribution >= 4 is 0 Å². The highest BCUT2D eigenvalue weighted by Gasteiger charge is 2.23. The first-order valence-electron chi connectivity index (χ1n) is 13.0. The SMILES string of the molecule is CCC(C)C(CC(C)C)c1ccc(OC(C)OCOC2CCC(c3ccccc3)CC2)cc1. The molecule has 0 bridgehead atoms. The molecule has 3 unspecified atom stereocenters. The number of hydrogen-bond donors (Lipinski definition) is 0. The molecule has 1 fully saturated rings. The minimum atomic E-state index is -0.336. The van der Waals surface area contributed by atoms with Crippen molar-refractivity contribution in [3.8, 4) is 5.75 Å². The Balaban J connectivity index is 1.39. The summed E-state index contributed by atoms with van der Waals surface area (Å²) in [6, 6.07) is 19.5. The Hall–Kier alpha value is -1.84. The molecule has 0 aliphatic heterocycles. The normalized spacial score (nSPS) is 21.5. The van der Waals surface area contributed by atoms with Gasteiger partial charge < -0.3 is 14.2 Å². The van der Waals surface area contributed by atoms with E-state index in [1.807, 2.05) is 6.92 Å². The molecule has 2 aromatic rings. The van der Waals surface area contributed by atoms with Gasteiger partial charge in [0, 0.05) is 0 Å². The third-order valence-electron chi connectivity index (χ3n) is 7.22. The lowest BCUT2D eigenvalue weighted by Gasteiger charge is -2.29. The van der Waals surface area contributed by atoms with Gasteiger partial charge in [0.15, 0.2) is 13.1 Å². The van der Waals surface area contributed by atoms with Crippen LogP contribution in [0.15, 0.2) is 54.6 Å². The highest BCUT2D eigenvalue weighted by atomic mass is 16.7. The summed E-state index contributed by atoms with van der Waals surface area (Å²) in [6.07, 6.45) is 6.92. The van der Waals surface area contributed by atoms with Crippen LogP contribution in [0.1, 0.15) is 96.1 Å². The van der Waals surface area contributed by atoms with Crippen LogP contribution in [0, 0.1) is 11.8 Å². The lowest BCUT2D eigenvalue weighted by Crippen LogP contribution is -2.25. The molecular formula is C30H44O3. The van der Waals surface area contributed by atoms with Crippen LogP contribution in [0.25, 0.3) is 0 Å². The second-order valence-electron chi connectivity index (χ2n) is 10.2. The van der Waals surface area contributed by atoms with Crippen molar-refractivity contribution in [3.63, 3.8) is 0 Å². The van der Waals surface area contributed by atoms with Crippen molar-refractivity contribution in [2.24, 2.45) is 11.8 Å². The van der Waals surface area contributed by atoms with E-state index in [0.29, 0.717) is 23.7 Å². The Labute approximate surface area is 201 Å². The van der Waals surface area contributed by atoms with E-state index in [9.17, 15) is 0 Å². The molecule has 3 atom stereocenters. The predicted molar refractivity (Wildman–Crippen MR) is 137 cm³/mol. The smallest absolute Gasteiger partial charge is 0.199 e. The van der Waals surface area contributed by atoms with Crippen LogP contribution < -0.4 is 4.74 Å². The summed E-state index contributed by atoms with van der Waals surface area (Å²) < 4.78 is 17.8. The van der Waals surface area contributed by atoms with Gasteiger partial charge >= 0.3 is 0 Å². The zero-order valence-electron chi connectivity index (χ0n) is 21.3. The van der Waals surface area contributed by atoms with Crippen LogP contribution in [0.2, 0.25) is 0 Å². The lowest BCUT2D eigenvalue weighted by molar-refractivity contribution is -0.170. The molecule has 0 radical (unpaired) electrons. The quantitative estimate of drug-likeness (QED) is 0.303. The van der Waals surface area contributed by atoms with E-state index < -0.39 is 0 Å². The molecule has 182 valence electrons. The van der Waals surface area contributed by atoms with Gasteiger partial charge in [-0.15, -0.1) is 0 Å². The first-order chi connectivity index (χ1) is 16.0. The molecule has 3 rings (SSSR count). The zero-order chi connectivity index (χ0) is 23.6. The lowest BCUT2D eigenvalue weighted by atomic mass is 9.80. The van der Waals surface area contributed by atoms with Crippen molar-refractivity contribution in [1.82, 2.24) is 0 Å². The van der Waals surface area contributed by atoms with Crippen LogP contribution in [0.5, 0.6) is 5.75 Å². The summed E-state index contributed by atoms with van der Waals surface area (Å²) in [4.78, 5) is 0. The third kappa shape index (κ3) is 8.15. The first-order valence-corrected chi connectivity index (χ1v) is 13.0. The highest BCUT2D eigenvalue weighted by molar-refractivity contribution is 5.30. The molecule has 0 amide bonds. The van der Waals surface area contributed by atoms with Crippen molar-refractivity contribution in [3.05, 3.63) is 65.7 Å². The first kappa shape index (κ1) is 25.8. The summed E-state index contributed by atoms with van der Waals surface area (Å²) in [7, 11) is 0. The molecule has 3 heteroatoms. The Morgan fingerprint density at radius 1 is 0.848 bits per heavy atom. The van der Waals surface area contributed by atoms with Crippen LogP contribution in [-0.2, 0) is 9.47 Å². The Morgan fingerprint density at radius 2 is 1.52 bits per heavy atom. The minimum absolute atomic E-state index is 0.282. The largest absolute Gasteiger partial charge is 0.465 e. The maximum absolute atomic E-state index is 6.00. The summed E-state index contributed by atoms with van der Waals surface area (Å²) in [5, 5.41) is 0. The molecule has 33 heavy (non-hydrogen) atoms. The molecule has 1 aliphatic rings. The second-order valence-corrected chi connectivity index (χ2v) is 10.2.